The van der Waals surface area contributed by atoms with Crippen LogP contribution in [-0.4, -0.2) is 60.7 Å². The second-order valence-corrected chi connectivity index (χ2v) is 6.80. The van der Waals surface area contributed by atoms with Crippen LogP contribution < -0.4 is 0 Å². The van der Waals surface area contributed by atoms with E-state index in [9.17, 15) is 17.6 Å². The van der Waals surface area contributed by atoms with Gasteiger partial charge in [-0.15, -0.1) is 0 Å². The van der Waals surface area contributed by atoms with Gasteiger partial charge in [-0.05, 0) is 17.7 Å². The minimum Gasteiger partial charge on any atom is -0.480 e. The maximum absolute atomic E-state index is 12.8. The van der Waals surface area contributed by atoms with Crippen molar-refractivity contribution in [1.82, 2.24) is 4.90 Å². The van der Waals surface area contributed by atoms with E-state index >= 15 is 0 Å². The Hall–Kier alpha value is -1.51. The van der Waals surface area contributed by atoms with E-state index in [4.69, 9.17) is 10.2 Å². The number of carbonyl (C=O) groups is 1. The van der Waals surface area contributed by atoms with E-state index in [1.54, 1.807) is 17.0 Å². The lowest BCUT2D eigenvalue weighted by molar-refractivity contribution is -0.134. The van der Waals surface area contributed by atoms with Crippen LogP contribution in [0, 0.1) is 5.82 Å². The Morgan fingerprint density at radius 1 is 1.19 bits per heavy atom. The van der Waals surface area contributed by atoms with Gasteiger partial charge in [-0.1, -0.05) is 12.1 Å². The van der Waals surface area contributed by atoms with Crippen molar-refractivity contribution in [2.45, 2.75) is 6.54 Å². The fourth-order valence-corrected chi connectivity index (χ4v) is 2.84. The molecule has 0 aliphatic heterocycles. The van der Waals surface area contributed by atoms with Gasteiger partial charge in [-0.25, -0.2) is 12.8 Å². The van der Waals surface area contributed by atoms with Crippen LogP contribution in [0.4, 0.5) is 4.39 Å². The molecule has 0 bridgehead atoms. The number of benzene rings is 1. The molecule has 0 aromatic heterocycles. The van der Waals surface area contributed by atoms with E-state index in [1.165, 1.54) is 12.1 Å². The molecule has 6 nitrogen and oxygen atoms in total. The second kappa shape index (κ2) is 8.06. The largest absolute Gasteiger partial charge is 0.480 e. The van der Waals surface area contributed by atoms with E-state index in [0.29, 0.717) is 6.54 Å². The van der Waals surface area contributed by atoms with Crippen molar-refractivity contribution in [1.29, 1.82) is 0 Å². The highest BCUT2D eigenvalue weighted by Crippen LogP contribution is 2.07. The predicted octanol–water partition coefficient (Wildman–Crippen LogP) is 0.119. The van der Waals surface area contributed by atoms with Crippen molar-refractivity contribution in [3.05, 3.63) is 35.6 Å². The van der Waals surface area contributed by atoms with Crippen LogP contribution in [0.25, 0.3) is 0 Å². The zero-order valence-corrected chi connectivity index (χ0v) is 12.2. The van der Waals surface area contributed by atoms with Gasteiger partial charge in [0.05, 0.1) is 12.4 Å². The summed E-state index contributed by atoms with van der Waals surface area (Å²) in [7, 11) is -3.68. The zero-order valence-electron chi connectivity index (χ0n) is 11.4. The van der Waals surface area contributed by atoms with Gasteiger partial charge in [-0.3, -0.25) is 9.69 Å². The van der Waals surface area contributed by atoms with Crippen LogP contribution >= 0.6 is 0 Å². The van der Waals surface area contributed by atoms with E-state index in [0.717, 1.165) is 5.56 Å². The number of aliphatic carboxylic acids is 1. The first-order chi connectivity index (χ1) is 9.82. The molecule has 0 saturated heterocycles. The number of nitrogens with zero attached hydrogens (tertiary/aromatic N) is 1. The Labute approximate surface area is 122 Å². The molecule has 1 aromatic rings. The number of rotatable bonds is 9. The Bertz CT molecular complexity index is 558. The van der Waals surface area contributed by atoms with Crippen molar-refractivity contribution in [3.63, 3.8) is 0 Å². The first-order valence-electron chi connectivity index (χ1n) is 6.32. The van der Waals surface area contributed by atoms with Gasteiger partial charge in [0.15, 0.2) is 9.84 Å². The summed E-state index contributed by atoms with van der Waals surface area (Å²) in [6.07, 6.45) is 0. The zero-order chi connectivity index (χ0) is 15.9. The summed E-state index contributed by atoms with van der Waals surface area (Å²) in [5.74, 6) is -2.96. The van der Waals surface area contributed by atoms with Crippen molar-refractivity contribution < 1.29 is 27.8 Å². The van der Waals surface area contributed by atoms with Gasteiger partial charge in [-0.2, -0.15) is 0 Å². The number of hydrogen-bond donors (Lipinski definition) is 2. The fraction of sp³-hybridized carbons (Fsp3) is 0.462. The molecule has 0 heterocycles. The van der Waals surface area contributed by atoms with Gasteiger partial charge >= 0.3 is 5.97 Å². The van der Waals surface area contributed by atoms with Crippen LogP contribution in [0.2, 0.25) is 0 Å². The summed E-state index contributed by atoms with van der Waals surface area (Å²) in [5.41, 5.74) is 0.778. The molecule has 1 rings (SSSR count). The van der Waals surface area contributed by atoms with E-state index in [-0.39, 0.29) is 31.3 Å². The molecule has 0 unspecified atom stereocenters. The van der Waals surface area contributed by atoms with E-state index in [1.807, 2.05) is 0 Å². The molecule has 2 N–H and O–H groups in total. The molecule has 1 aromatic carbocycles. The van der Waals surface area contributed by atoms with E-state index < -0.39 is 21.6 Å². The number of aliphatic hydroxyl groups excluding tert-OH is 1. The highest BCUT2D eigenvalue weighted by atomic mass is 32.2. The topological polar surface area (TPSA) is 94.9 Å². The predicted molar refractivity (Wildman–Crippen MR) is 75.1 cm³/mol. The standard InChI is InChI=1S/C13H18FNO5S/c14-12-3-1-11(2-4-12)9-15(5-7-16)6-8-21(19,20)10-13(17)18/h1-4,16H,5-10H2,(H,17,18). The fourth-order valence-electron chi connectivity index (χ4n) is 1.79. The molecular formula is C13H18FNO5S. The summed E-state index contributed by atoms with van der Waals surface area (Å²) in [6.45, 7) is 0.553. The molecule has 21 heavy (non-hydrogen) atoms. The molecule has 0 saturated carbocycles. The third kappa shape index (κ3) is 7.16. The summed E-state index contributed by atoms with van der Waals surface area (Å²) in [4.78, 5) is 12.1. The van der Waals surface area contributed by atoms with Gasteiger partial charge < -0.3 is 10.2 Å². The van der Waals surface area contributed by atoms with Gasteiger partial charge in [0.2, 0.25) is 0 Å². The van der Waals surface area contributed by atoms with Crippen LogP contribution in [0.15, 0.2) is 24.3 Å². The van der Waals surface area contributed by atoms with Crippen molar-refractivity contribution in [2.75, 3.05) is 31.2 Å². The molecule has 0 fully saturated rings. The Morgan fingerprint density at radius 3 is 2.33 bits per heavy atom. The third-order valence-corrected chi connectivity index (χ3v) is 4.29. The second-order valence-electron chi connectivity index (χ2n) is 4.61. The average molecular weight is 319 g/mol. The number of hydrogen-bond acceptors (Lipinski definition) is 5. The molecule has 0 radical (unpaired) electrons. The first-order valence-corrected chi connectivity index (χ1v) is 8.14. The minimum atomic E-state index is -3.68. The molecule has 0 aliphatic carbocycles. The number of halogens is 1. The van der Waals surface area contributed by atoms with Crippen molar-refractivity contribution in [3.8, 4) is 0 Å². The number of carboxylic acid groups (broad SMARTS) is 1. The van der Waals surface area contributed by atoms with Crippen LogP contribution in [0.3, 0.4) is 0 Å². The van der Waals surface area contributed by atoms with Crippen LogP contribution in [0.5, 0.6) is 0 Å². The Morgan fingerprint density at radius 2 is 1.81 bits per heavy atom. The quantitative estimate of drug-likeness (QED) is 0.671. The van der Waals surface area contributed by atoms with Gasteiger partial charge in [0.25, 0.3) is 0 Å². The average Bonchev–Trinajstić information content (AvgIpc) is 2.37. The lowest BCUT2D eigenvalue weighted by Crippen LogP contribution is -2.33. The molecule has 0 atom stereocenters. The summed E-state index contributed by atoms with van der Waals surface area (Å²) >= 11 is 0. The normalized spacial score (nSPS) is 11.8. The van der Waals surface area contributed by atoms with Crippen LogP contribution in [-0.2, 0) is 21.2 Å². The summed E-state index contributed by atoms with van der Waals surface area (Å²) < 4.78 is 35.9. The lowest BCUT2D eigenvalue weighted by atomic mass is 10.2. The van der Waals surface area contributed by atoms with Crippen molar-refractivity contribution >= 4 is 15.8 Å². The molecule has 118 valence electrons. The number of carboxylic acids is 1. The first kappa shape index (κ1) is 17.5. The van der Waals surface area contributed by atoms with Crippen molar-refractivity contribution in [2.24, 2.45) is 0 Å². The third-order valence-electron chi connectivity index (χ3n) is 2.80. The smallest absolute Gasteiger partial charge is 0.318 e. The molecule has 8 heteroatoms. The molecule has 0 aliphatic rings. The molecule has 0 spiro atoms. The molecular weight excluding hydrogens is 301 g/mol. The Kier molecular flexibility index (Phi) is 6.73. The highest BCUT2D eigenvalue weighted by molar-refractivity contribution is 7.92. The maximum atomic E-state index is 12.8. The minimum absolute atomic E-state index is 0.105. The summed E-state index contributed by atoms with van der Waals surface area (Å²) in [6, 6.07) is 5.75. The van der Waals surface area contributed by atoms with Gasteiger partial charge in [0.1, 0.15) is 11.6 Å². The Balaban J connectivity index is 2.61. The monoisotopic (exact) mass is 319 g/mol. The highest BCUT2D eigenvalue weighted by Gasteiger charge is 2.17. The number of sulfone groups is 1. The summed E-state index contributed by atoms with van der Waals surface area (Å²) in [5, 5.41) is 17.5. The molecule has 0 amide bonds. The maximum Gasteiger partial charge on any atom is 0.318 e. The SMILES string of the molecule is O=C(O)CS(=O)(=O)CCN(CCO)Cc1ccc(F)cc1. The number of aliphatic hydroxyl groups is 1. The lowest BCUT2D eigenvalue weighted by Gasteiger charge is -2.21. The van der Waals surface area contributed by atoms with E-state index in [2.05, 4.69) is 0 Å². The van der Waals surface area contributed by atoms with Crippen LogP contribution in [0.1, 0.15) is 5.56 Å². The van der Waals surface area contributed by atoms with Gasteiger partial charge in [0, 0.05) is 19.6 Å².